The Labute approximate surface area is 162 Å². The van der Waals surface area contributed by atoms with Crippen LogP contribution in [0.2, 0.25) is 18.1 Å². The number of nitrogens with zero attached hydrogens (tertiary/aromatic N) is 1. The smallest absolute Gasteiger partial charge is 0.192 e. The van der Waals surface area contributed by atoms with E-state index in [1.165, 1.54) is 0 Å². The molecule has 0 bridgehead atoms. The Morgan fingerprint density at radius 2 is 1.62 bits per heavy atom. The Morgan fingerprint density at radius 3 is 2.04 bits per heavy atom. The zero-order chi connectivity index (χ0) is 19.8. The molecular weight excluding hydrogens is 358 g/mol. The summed E-state index contributed by atoms with van der Waals surface area (Å²) in [5, 5.41) is 1.81. The van der Waals surface area contributed by atoms with Gasteiger partial charge in [-0.1, -0.05) is 58.9 Å². The molecule has 0 fully saturated rings. The SMILES string of the molecule is CC[Si](CC)(CC)O[C@@H](C)[C@@H](/C=C\S(=O)(=NC)c1ccccc1)C(C)C. The van der Waals surface area contributed by atoms with E-state index < -0.39 is 18.0 Å². The summed E-state index contributed by atoms with van der Waals surface area (Å²) < 4.78 is 24.2. The third-order valence-corrected chi connectivity index (χ3v) is 12.3. The van der Waals surface area contributed by atoms with Crippen molar-refractivity contribution in [1.29, 1.82) is 0 Å². The van der Waals surface area contributed by atoms with Crippen molar-refractivity contribution in [2.24, 2.45) is 16.2 Å². The first-order valence-corrected chi connectivity index (χ1v) is 13.9. The standard InChI is InChI=1S/C21H37NO2SSi/c1-8-26(9-2,10-3)24-19(6)21(18(4)5)16-17-25(23,22-7)20-14-12-11-13-15-20/h11-19,21H,8-10H2,1-7H3/b17-16-/t19-,21-,25?/m0/s1. The summed E-state index contributed by atoms with van der Waals surface area (Å²) in [6.45, 7) is 13.3. The monoisotopic (exact) mass is 395 g/mol. The highest BCUT2D eigenvalue weighted by Crippen LogP contribution is 2.29. The van der Waals surface area contributed by atoms with Crippen molar-refractivity contribution in [3.05, 3.63) is 41.8 Å². The van der Waals surface area contributed by atoms with E-state index in [-0.39, 0.29) is 12.0 Å². The van der Waals surface area contributed by atoms with Crippen molar-refractivity contribution in [3.63, 3.8) is 0 Å². The lowest BCUT2D eigenvalue weighted by Gasteiger charge is -2.36. The lowest BCUT2D eigenvalue weighted by molar-refractivity contribution is 0.136. The van der Waals surface area contributed by atoms with Crippen LogP contribution in [0.25, 0.3) is 0 Å². The highest BCUT2D eigenvalue weighted by atomic mass is 32.2. The first-order valence-electron chi connectivity index (χ1n) is 9.83. The lowest BCUT2D eigenvalue weighted by atomic mass is 9.91. The van der Waals surface area contributed by atoms with Gasteiger partial charge in [0.2, 0.25) is 0 Å². The molecule has 0 heterocycles. The normalized spacial score (nSPS) is 17.2. The predicted octanol–water partition coefficient (Wildman–Crippen LogP) is 6.34. The minimum atomic E-state index is -2.53. The van der Waals surface area contributed by atoms with Gasteiger partial charge < -0.3 is 4.43 Å². The molecule has 0 spiro atoms. The van der Waals surface area contributed by atoms with Gasteiger partial charge in [0.05, 0.1) is 14.6 Å². The van der Waals surface area contributed by atoms with E-state index in [4.69, 9.17) is 4.43 Å². The van der Waals surface area contributed by atoms with Gasteiger partial charge in [0, 0.05) is 24.5 Å². The Morgan fingerprint density at radius 1 is 1.08 bits per heavy atom. The summed E-state index contributed by atoms with van der Waals surface area (Å²) in [5.74, 6) is 0.632. The maximum absolute atomic E-state index is 13.3. The minimum absolute atomic E-state index is 0.119. The van der Waals surface area contributed by atoms with Gasteiger partial charge in [-0.2, -0.15) is 0 Å². The maximum atomic E-state index is 13.3. The second kappa shape index (κ2) is 10.4. The summed E-state index contributed by atoms with van der Waals surface area (Å²) in [6, 6.07) is 12.9. The van der Waals surface area contributed by atoms with Crippen LogP contribution in [0.3, 0.4) is 0 Å². The topological polar surface area (TPSA) is 38.7 Å². The molecule has 0 saturated heterocycles. The second-order valence-corrected chi connectivity index (χ2v) is 14.2. The molecule has 0 aliphatic rings. The molecule has 0 aliphatic carbocycles. The van der Waals surface area contributed by atoms with Crippen molar-refractivity contribution in [3.8, 4) is 0 Å². The van der Waals surface area contributed by atoms with E-state index in [9.17, 15) is 4.21 Å². The van der Waals surface area contributed by atoms with Crippen molar-refractivity contribution < 1.29 is 8.63 Å². The maximum Gasteiger partial charge on any atom is 0.192 e. The molecule has 0 N–H and O–H groups in total. The van der Waals surface area contributed by atoms with Crippen LogP contribution in [0.15, 0.2) is 51.1 Å². The first kappa shape index (κ1) is 23.1. The van der Waals surface area contributed by atoms with Crippen LogP contribution in [0.4, 0.5) is 0 Å². The summed E-state index contributed by atoms with van der Waals surface area (Å²) in [7, 11) is -2.56. The summed E-state index contributed by atoms with van der Waals surface area (Å²) in [4.78, 5) is 0.759. The zero-order valence-electron chi connectivity index (χ0n) is 17.6. The highest BCUT2D eigenvalue weighted by Gasteiger charge is 2.33. The van der Waals surface area contributed by atoms with Crippen molar-refractivity contribution >= 4 is 18.0 Å². The molecule has 1 aromatic rings. The van der Waals surface area contributed by atoms with Gasteiger partial charge in [-0.05, 0) is 43.1 Å². The average molecular weight is 396 g/mol. The average Bonchev–Trinajstić information content (AvgIpc) is 2.66. The van der Waals surface area contributed by atoms with Crippen LogP contribution in [0.5, 0.6) is 0 Å². The second-order valence-electron chi connectivity index (χ2n) is 7.28. The van der Waals surface area contributed by atoms with Crippen LogP contribution in [-0.4, -0.2) is 25.7 Å². The molecule has 148 valence electrons. The van der Waals surface area contributed by atoms with Crippen molar-refractivity contribution in [2.75, 3.05) is 7.05 Å². The van der Waals surface area contributed by atoms with E-state index in [0.29, 0.717) is 5.92 Å². The molecule has 1 aromatic carbocycles. The van der Waals surface area contributed by atoms with Crippen LogP contribution in [0.1, 0.15) is 41.5 Å². The molecule has 3 atom stereocenters. The van der Waals surface area contributed by atoms with Gasteiger partial charge in [0.15, 0.2) is 8.32 Å². The molecule has 5 heteroatoms. The highest BCUT2D eigenvalue weighted by molar-refractivity contribution is 7.96. The van der Waals surface area contributed by atoms with E-state index >= 15 is 0 Å². The largest absolute Gasteiger partial charge is 0.414 e. The van der Waals surface area contributed by atoms with Gasteiger partial charge in [-0.3, -0.25) is 0 Å². The number of hydrogen-bond acceptors (Lipinski definition) is 3. The Balaban J connectivity index is 3.11. The van der Waals surface area contributed by atoms with E-state index in [0.717, 1.165) is 23.0 Å². The number of rotatable bonds is 10. The first-order chi connectivity index (χ1) is 12.3. The third-order valence-electron chi connectivity index (χ3n) is 5.52. The Hall–Kier alpha value is -0.913. The minimum Gasteiger partial charge on any atom is -0.414 e. The molecule has 0 aliphatic heterocycles. The van der Waals surface area contributed by atoms with Gasteiger partial charge in [0.25, 0.3) is 0 Å². The molecule has 1 unspecified atom stereocenters. The fourth-order valence-electron chi connectivity index (χ4n) is 3.45. The van der Waals surface area contributed by atoms with Crippen molar-refractivity contribution in [2.45, 2.75) is 70.7 Å². The van der Waals surface area contributed by atoms with E-state index in [1.807, 2.05) is 30.3 Å². The summed E-state index contributed by atoms with van der Waals surface area (Å²) >= 11 is 0. The molecule has 0 aromatic heterocycles. The molecule has 3 nitrogen and oxygen atoms in total. The summed E-state index contributed by atoms with van der Waals surface area (Å²) in [5.41, 5.74) is 0. The van der Waals surface area contributed by atoms with Crippen molar-refractivity contribution in [1.82, 2.24) is 0 Å². The lowest BCUT2D eigenvalue weighted by Crippen LogP contribution is -2.42. The van der Waals surface area contributed by atoms with Crippen LogP contribution in [0, 0.1) is 11.8 Å². The zero-order valence-corrected chi connectivity index (χ0v) is 19.4. The fourth-order valence-corrected chi connectivity index (χ4v) is 7.83. The Bertz CT molecular complexity index is 666. The molecule has 0 radical (unpaired) electrons. The Kier molecular flexibility index (Phi) is 9.28. The third kappa shape index (κ3) is 5.79. The summed E-state index contributed by atoms with van der Waals surface area (Å²) in [6.07, 6.45) is 2.20. The predicted molar refractivity (Wildman–Crippen MR) is 116 cm³/mol. The van der Waals surface area contributed by atoms with Gasteiger partial charge in [-0.15, -0.1) is 0 Å². The number of hydrogen-bond donors (Lipinski definition) is 0. The van der Waals surface area contributed by atoms with Gasteiger partial charge in [-0.25, -0.2) is 8.57 Å². The molecule has 0 saturated carbocycles. The quantitative estimate of drug-likeness (QED) is 0.434. The van der Waals surface area contributed by atoms with Crippen LogP contribution >= 0.6 is 0 Å². The number of benzene rings is 1. The van der Waals surface area contributed by atoms with Gasteiger partial charge >= 0.3 is 0 Å². The molecule has 26 heavy (non-hydrogen) atoms. The van der Waals surface area contributed by atoms with Crippen LogP contribution < -0.4 is 0 Å². The molecule has 1 rings (SSSR count). The van der Waals surface area contributed by atoms with E-state index in [2.05, 4.69) is 52.0 Å². The van der Waals surface area contributed by atoms with E-state index in [1.54, 1.807) is 12.5 Å². The molecular formula is C21H37NO2SSi. The van der Waals surface area contributed by atoms with Gasteiger partial charge in [0.1, 0.15) is 0 Å². The van der Waals surface area contributed by atoms with Crippen LogP contribution in [-0.2, 0) is 14.2 Å². The molecule has 0 amide bonds. The fraction of sp³-hybridized carbons (Fsp3) is 0.619.